The summed E-state index contributed by atoms with van der Waals surface area (Å²) in [5, 5.41) is 6.43. The van der Waals surface area contributed by atoms with Gasteiger partial charge >= 0.3 is 0 Å². The van der Waals surface area contributed by atoms with Gasteiger partial charge in [-0.15, -0.1) is 0 Å². The first-order chi connectivity index (χ1) is 9.28. The molecule has 6 nitrogen and oxygen atoms in total. The molecule has 0 radical (unpaired) electrons. The smallest absolute Gasteiger partial charge is 0.264 e. The molecule has 0 amide bonds. The van der Waals surface area contributed by atoms with Crippen LogP contribution in [0, 0.1) is 0 Å². The number of hydrogen-bond donors (Lipinski definition) is 2. The number of imidazole rings is 1. The fourth-order valence-electron chi connectivity index (χ4n) is 2.05. The number of aromatic nitrogens is 4. The van der Waals surface area contributed by atoms with Crippen molar-refractivity contribution in [1.82, 2.24) is 19.7 Å². The topological polar surface area (TPSA) is 89.6 Å². The maximum atomic E-state index is 11.0. The van der Waals surface area contributed by atoms with Crippen molar-refractivity contribution in [3.8, 4) is 11.3 Å². The number of nitrogens with two attached hydrogens (primary N) is 1. The first-order valence-electron chi connectivity index (χ1n) is 5.99. The van der Waals surface area contributed by atoms with E-state index in [1.54, 1.807) is 12.4 Å². The van der Waals surface area contributed by atoms with Crippen molar-refractivity contribution in [2.45, 2.75) is 6.54 Å². The van der Waals surface area contributed by atoms with Crippen LogP contribution in [-0.4, -0.2) is 26.3 Å². The van der Waals surface area contributed by atoms with E-state index in [1.165, 1.54) is 6.07 Å². The Kier molecular flexibility index (Phi) is 2.85. The number of aromatic amines is 1. The monoisotopic (exact) mass is 255 g/mol. The molecule has 1 aromatic carbocycles. The van der Waals surface area contributed by atoms with Crippen molar-refractivity contribution >= 4 is 11.0 Å². The van der Waals surface area contributed by atoms with Crippen LogP contribution >= 0.6 is 0 Å². The van der Waals surface area contributed by atoms with Gasteiger partial charge in [0, 0.05) is 24.7 Å². The first kappa shape index (κ1) is 11.6. The number of nitrogens with one attached hydrogen (secondary N) is 1. The fraction of sp³-hybridized carbons (Fsp3) is 0.154. The van der Waals surface area contributed by atoms with Gasteiger partial charge in [0.05, 0.1) is 23.1 Å². The number of rotatable bonds is 3. The molecule has 3 rings (SSSR count). The lowest BCUT2D eigenvalue weighted by molar-refractivity contribution is 0.728. The van der Waals surface area contributed by atoms with Crippen molar-refractivity contribution in [1.29, 1.82) is 0 Å². The van der Waals surface area contributed by atoms with E-state index in [1.807, 2.05) is 22.8 Å². The van der Waals surface area contributed by atoms with Gasteiger partial charge in [-0.25, -0.2) is 10.1 Å². The van der Waals surface area contributed by atoms with Crippen molar-refractivity contribution in [2.75, 3.05) is 6.54 Å². The number of fused-ring (bicyclic) bond motifs is 1. The van der Waals surface area contributed by atoms with Crippen molar-refractivity contribution in [3.05, 3.63) is 47.0 Å². The lowest BCUT2D eigenvalue weighted by Gasteiger charge is -2.03. The summed E-state index contributed by atoms with van der Waals surface area (Å²) < 4.78 is 2.01. The fourth-order valence-corrected chi connectivity index (χ4v) is 2.05. The minimum Gasteiger partial charge on any atom is -0.329 e. The molecule has 0 saturated heterocycles. The lowest BCUT2D eigenvalue weighted by atomic mass is 10.1. The van der Waals surface area contributed by atoms with Crippen LogP contribution < -0.4 is 11.3 Å². The Morgan fingerprint density at radius 2 is 2.16 bits per heavy atom. The van der Waals surface area contributed by atoms with Gasteiger partial charge in [-0.05, 0) is 18.2 Å². The number of nitrogens with zero attached hydrogens (tertiary/aromatic N) is 3. The van der Waals surface area contributed by atoms with Crippen LogP contribution in [0.25, 0.3) is 22.3 Å². The molecule has 96 valence electrons. The zero-order valence-electron chi connectivity index (χ0n) is 10.2. The summed E-state index contributed by atoms with van der Waals surface area (Å²) in [7, 11) is 0. The number of benzene rings is 1. The standard InChI is InChI=1S/C13H13N5O/c14-5-6-18-8-15-11-7-9(1-3-12(11)18)10-2-4-13(19)17-16-10/h1-4,7-8H,5-6,14H2,(H,17,19). The average molecular weight is 255 g/mol. The van der Waals surface area contributed by atoms with Crippen LogP contribution in [-0.2, 0) is 6.54 Å². The third kappa shape index (κ3) is 2.13. The van der Waals surface area contributed by atoms with Gasteiger partial charge in [-0.2, -0.15) is 5.10 Å². The van der Waals surface area contributed by atoms with E-state index in [9.17, 15) is 4.79 Å². The molecule has 2 aromatic heterocycles. The highest BCUT2D eigenvalue weighted by molar-refractivity contribution is 5.81. The molecule has 0 unspecified atom stereocenters. The van der Waals surface area contributed by atoms with Crippen LogP contribution in [0.1, 0.15) is 0 Å². The molecule has 19 heavy (non-hydrogen) atoms. The van der Waals surface area contributed by atoms with E-state index >= 15 is 0 Å². The van der Waals surface area contributed by atoms with Crippen LogP contribution in [0.4, 0.5) is 0 Å². The van der Waals surface area contributed by atoms with Crippen LogP contribution in [0.15, 0.2) is 41.5 Å². The van der Waals surface area contributed by atoms with Gasteiger partial charge in [0.15, 0.2) is 0 Å². The van der Waals surface area contributed by atoms with Gasteiger partial charge in [-0.1, -0.05) is 6.07 Å². The first-order valence-corrected chi connectivity index (χ1v) is 5.99. The van der Waals surface area contributed by atoms with Crippen molar-refractivity contribution in [3.63, 3.8) is 0 Å². The predicted octanol–water partition coefficient (Wildman–Crippen LogP) is 0.745. The highest BCUT2D eigenvalue weighted by Gasteiger charge is 2.05. The van der Waals surface area contributed by atoms with E-state index < -0.39 is 0 Å². The van der Waals surface area contributed by atoms with Crippen LogP contribution in [0.3, 0.4) is 0 Å². The van der Waals surface area contributed by atoms with Crippen molar-refractivity contribution < 1.29 is 0 Å². The van der Waals surface area contributed by atoms with Gasteiger partial charge < -0.3 is 10.3 Å². The Balaban J connectivity index is 2.07. The summed E-state index contributed by atoms with van der Waals surface area (Å²) in [6, 6.07) is 9.04. The van der Waals surface area contributed by atoms with E-state index in [0.717, 1.165) is 28.8 Å². The maximum absolute atomic E-state index is 11.0. The molecule has 6 heteroatoms. The molecular formula is C13H13N5O. The minimum absolute atomic E-state index is 0.211. The predicted molar refractivity (Wildman–Crippen MR) is 72.6 cm³/mol. The van der Waals surface area contributed by atoms with E-state index in [0.29, 0.717) is 6.54 Å². The van der Waals surface area contributed by atoms with E-state index in [-0.39, 0.29) is 5.56 Å². The van der Waals surface area contributed by atoms with E-state index in [4.69, 9.17) is 5.73 Å². The van der Waals surface area contributed by atoms with Gasteiger partial charge in [0.25, 0.3) is 5.56 Å². The summed E-state index contributed by atoms with van der Waals surface area (Å²) in [4.78, 5) is 15.3. The number of H-pyrrole nitrogens is 1. The summed E-state index contributed by atoms with van der Waals surface area (Å²) in [6.45, 7) is 1.32. The molecular weight excluding hydrogens is 242 g/mol. The third-order valence-electron chi connectivity index (χ3n) is 2.97. The van der Waals surface area contributed by atoms with Crippen LogP contribution in [0.2, 0.25) is 0 Å². The molecule has 0 saturated carbocycles. The Morgan fingerprint density at radius 3 is 2.89 bits per heavy atom. The third-order valence-corrected chi connectivity index (χ3v) is 2.97. The highest BCUT2D eigenvalue weighted by atomic mass is 16.1. The second-order valence-electron chi connectivity index (χ2n) is 4.24. The largest absolute Gasteiger partial charge is 0.329 e. The van der Waals surface area contributed by atoms with Gasteiger partial charge in [0.1, 0.15) is 0 Å². The zero-order valence-corrected chi connectivity index (χ0v) is 10.2. The summed E-state index contributed by atoms with van der Waals surface area (Å²) in [5.74, 6) is 0. The molecule has 0 aliphatic carbocycles. The summed E-state index contributed by atoms with van der Waals surface area (Å²) >= 11 is 0. The van der Waals surface area contributed by atoms with Crippen molar-refractivity contribution in [2.24, 2.45) is 5.73 Å². The highest BCUT2D eigenvalue weighted by Crippen LogP contribution is 2.21. The van der Waals surface area contributed by atoms with Crippen LogP contribution in [0.5, 0.6) is 0 Å². The average Bonchev–Trinajstić information content (AvgIpc) is 2.83. The molecule has 0 atom stereocenters. The Labute approximate surface area is 108 Å². The molecule has 3 N–H and O–H groups in total. The molecule has 0 bridgehead atoms. The maximum Gasteiger partial charge on any atom is 0.264 e. The quantitative estimate of drug-likeness (QED) is 0.722. The Morgan fingerprint density at radius 1 is 1.26 bits per heavy atom. The number of hydrogen-bond acceptors (Lipinski definition) is 4. The normalized spacial score (nSPS) is 11.0. The summed E-state index contributed by atoms with van der Waals surface area (Å²) in [6.07, 6.45) is 1.78. The zero-order chi connectivity index (χ0) is 13.2. The molecule has 0 spiro atoms. The molecule has 2 heterocycles. The second kappa shape index (κ2) is 4.66. The van der Waals surface area contributed by atoms with E-state index in [2.05, 4.69) is 15.2 Å². The Hall–Kier alpha value is -2.47. The molecule has 0 aliphatic heterocycles. The Bertz CT molecular complexity index is 754. The lowest BCUT2D eigenvalue weighted by Crippen LogP contribution is -2.08. The molecule has 0 aliphatic rings. The summed E-state index contributed by atoms with van der Waals surface area (Å²) in [5.41, 5.74) is 8.91. The van der Waals surface area contributed by atoms with Gasteiger partial charge in [0.2, 0.25) is 0 Å². The minimum atomic E-state index is -0.211. The van der Waals surface area contributed by atoms with Gasteiger partial charge in [-0.3, -0.25) is 4.79 Å². The molecule has 3 aromatic rings. The molecule has 0 fully saturated rings. The SMILES string of the molecule is NCCn1cnc2cc(-c3ccc(=O)[nH]n3)ccc21. The second-order valence-corrected chi connectivity index (χ2v) is 4.24.